The Balaban J connectivity index is 1.99. The maximum absolute atomic E-state index is 13.4. The van der Waals surface area contributed by atoms with Crippen LogP contribution in [0.4, 0.5) is 11.4 Å². The van der Waals surface area contributed by atoms with Crippen molar-refractivity contribution in [3.8, 4) is 17.2 Å². The van der Waals surface area contributed by atoms with E-state index >= 15 is 0 Å². The van der Waals surface area contributed by atoms with Crippen LogP contribution in [-0.2, 0) is 9.47 Å². The summed E-state index contributed by atoms with van der Waals surface area (Å²) in [5.41, 5.74) is 2.01. The van der Waals surface area contributed by atoms with Gasteiger partial charge in [-0.1, -0.05) is 0 Å². The molecule has 1 saturated heterocycles. The lowest BCUT2D eigenvalue weighted by atomic mass is 10.1. The Kier molecular flexibility index (Phi) is 9.60. The second-order valence-electron chi connectivity index (χ2n) is 7.61. The fraction of sp³-hybridized carbons (Fsp3) is 0.462. The molecule has 0 aliphatic carbocycles. The van der Waals surface area contributed by atoms with E-state index in [9.17, 15) is 9.59 Å². The molecule has 0 bridgehead atoms. The van der Waals surface area contributed by atoms with Crippen LogP contribution in [0.5, 0.6) is 17.2 Å². The maximum Gasteiger partial charge on any atom is 0.338 e. The van der Waals surface area contributed by atoms with Crippen LogP contribution in [0, 0.1) is 0 Å². The second kappa shape index (κ2) is 12.9. The van der Waals surface area contributed by atoms with E-state index in [-0.39, 0.29) is 12.5 Å². The van der Waals surface area contributed by atoms with Crippen molar-refractivity contribution < 1.29 is 33.3 Å². The van der Waals surface area contributed by atoms with Gasteiger partial charge in [0, 0.05) is 18.7 Å². The first kappa shape index (κ1) is 26.2. The van der Waals surface area contributed by atoms with Gasteiger partial charge in [-0.25, -0.2) is 4.79 Å². The summed E-state index contributed by atoms with van der Waals surface area (Å²) in [5, 5.41) is 2.97. The van der Waals surface area contributed by atoms with Crippen LogP contribution >= 0.6 is 0 Å². The van der Waals surface area contributed by atoms with Crippen LogP contribution in [0.1, 0.15) is 48.4 Å². The van der Waals surface area contributed by atoms with Gasteiger partial charge >= 0.3 is 5.97 Å². The van der Waals surface area contributed by atoms with Gasteiger partial charge in [0.1, 0.15) is 0 Å². The smallest absolute Gasteiger partial charge is 0.338 e. The quantitative estimate of drug-likeness (QED) is 0.474. The van der Waals surface area contributed by atoms with E-state index in [1.54, 1.807) is 31.2 Å². The third-order valence-electron chi connectivity index (χ3n) is 5.28. The van der Waals surface area contributed by atoms with E-state index in [2.05, 4.69) is 10.2 Å². The van der Waals surface area contributed by atoms with Crippen molar-refractivity contribution in [3.63, 3.8) is 0 Å². The molecule has 0 unspecified atom stereocenters. The lowest BCUT2D eigenvalue weighted by Gasteiger charge is -2.30. The molecule has 1 fully saturated rings. The molecule has 0 radical (unpaired) electrons. The number of anilines is 2. The molecule has 0 saturated carbocycles. The summed E-state index contributed by atoms with van der Waals surface area (Å²) in [6, 6.07) is 8.44. The van der Waals surface area contributed by atoms with E-state index in [0.29, 0.717) is 80.2 Å². The Bertz CT molecular complexity index is 992. The third kappa shape index (κ3) is 6.57. The summed E-state index contributed by atoms with van der Waals surface area (Å²) < 4.78 is 27.8. The zero-order chi connectivity index (χ0) is 25.2. The first-order valence-corrected chi connectivity index (χ1v) is 12.0. The number of rotatable bonds is 11. The number of carbonyl (C=O) groups excluding carboxylic acids is 2. The van der Waals surface area contributed by atoms with Gasteiger partial charge in [0.15, 0.2) is 11.5 Å². The molecule has 1 aliphatic rings. The topological polar surface area (TPSA) is 95.6 Å². The average molecular weight is 487 g/mol. The lowest BCUT2D eigenvalue weighted by Crippen LogP contribution is -2.36. The fourth-order valence-corrected chi connectivity index (χ4v) is 3.77. The van der Waals surface area contributed by atoms with Gasteiger partial charge in [0.25, 0.3) is 5.91 Å². The Morgan fingerprint density at radius 3 is 2.06 bits per heavy atom. The van der Waals surface area contributed by atoms with E-state index in [0.717, 1.165) is 5.69 Å². The molecule has 1 aliphatic heterocycles. The number of hydrogen-bond acceptors (Lipinski definition) is 8. The molecule has 1 N–H and O–H groups in total. The monoisotopic (exact) mass is 486 g/mol. The molecular formula is C26H34N2O7. The minimum Gasteiger partial charge on any atom is -0.490 e. The van der Waals surface area contributed by atoms with E-state index < -0.39 is 5.97 Å². The van der Waals surface area contributed by atoms with Gasteiger partial charge < -0.3 is 33.9 Å². The van der Waals surface area contributed by atoms with Crippen molar-refractivity contribution in [1.29, 1.82) is 0 Å². The SMILES string of the molecule is CCOC(=O)c1ccc(N2CCOCC2)c(NC(=O)c2cc(OCC)c(OCC)c(OCC)c2)c1. The summed E-state index contributed by atoms with van der Waals surface area (Å²) in [4.78, 5) is 27.9. The summed E-state index contributed by atoms with van der Waals surface area (Å²) in [6.45, 7) is 11.4. The van der Waals surface area contributed by atoms with Gasteiger partial charge in [-0.05, 0) is 58.0 Å². The van der Waals surface area contributed by atoms with Crippen LogP contribution in [0.25, 0.3) is 0 Å². The standard InChI is InChI=1S/C26H34N2O7/c1-5-32-22-16-19(17-23(33-6-2)24(22)34-7-3)25(29)27-20-15-18(26(30)35-8-4)9-10-21(20)28-11-13-31-14-12-28/h9-10,15-17H,5-8,11-14H2,1-4H3,(H,27,29). The molecule has 1 heterocycles. The number of hydrogen-bond donors (Lipinski definition) is 1. The minimum absolute atomic E-state index is 0.262. The maximum atomic E-state index is 13.4. The Morgan fingerprint density at radius 1 is 0.857 bits per heavy atom. The molecule has 0 aromatic heterocycles. The molecule has 0 atom stereocenters. The molecule has 0 spiro atoms. The van der Waals surface area contributed by atoms with Gasteiger partial charge in [0.05, 0.1) is 56.6 Å². The summed E-state index contributed by atoms with van der Waals surface area (Å²) in [7, 11) is 0. The van der Waals surface area contributed by atoms with E-state index in [4.69, 9.17) is 23.7 Å². The van der Waals surface area contributed by atoms with Crippen molar-refractivity contribution in [2.75, 3.05) is 62.9 Å². The van der Waals surface area contributed by atoms with E-state index in [1.807, 2.05) is 26.8 Å². The van der Waals surface area contributed by atoms with Crippen molar-refractivity contribution >= 4 is 23.3 Å². The number of amides is 1. The number of morpholine rings is 1. The molecular weight excluding hydrogens is 452 g/mol. The predicted octanol–water partition coefficient (Wildman–Crippen LogP) is 4.15. The van der Waals surface area contributed by atoms with Crippen LogP contribution < -0.4 is 24.4 Å². The molecule has 2 aromatic rings. The van der Waals surface area contributed by atoms with Gasteiger partial charge in [0.2, 0.25) is 5.75 Å². The molecule has 190 valence electrons. The highest BCUT2D eigenvalue weighted by molar-refractivity contribution is 6.07. The number of nitrogens with one attached hydrogen (secondary N) is 1. The highest BCUT2D eigenvalue weighted by atomic mass is 16.5. The van der Waals surface area contributed by atoms with Crippen molar-refractivity contribution in [2.45, 2.75) is 27.7 Å². The minimum atomic E-state index is -0.449. The van der Waals surface area contributed by atoms with Crippen LogP contribution in [0.15, 0.2) is 30.3 Å². The van der Waals surface area contributed by atoms with Gasteiger partial charge in [-0.3, -0.25) is 4.79 Å². The predicted molar refractivity (Wildman–Crippen MR) is 133 cm³/mol. The number of nitrogens with zero attached hydrogens (tertiary/aromatic N) is 1. The normalized spacial score (nSPS) is 13.2. The van der Waals surface area contributed by atoms with Crippen molar-refractivity contribution in [3.05, 3.63) is 41.5 Å². The first-order valence-electron chi connectivity index (χ1n) is 12.0. The summed E-state index contributed by atoms with van der Waals surface area (Å²) in [6.07, 6.45) is 0. The number of carbonyl (C=O) groups is 2. The summed E-state index contributed by atoms with van der Waals surface area (Å²) in [5.74, 6) is 0.504. The largest absolute Gasteiger partial charge is 0.490 e. The zero-order valence-electron chi connectivity index (χ0n) is 20.8. The molecule has 35 heavy (non-hydrogen) atoms. The Labute approximate surface area is 206 Å². The first-order chi connectivity index (χ1) is 17.0. The van der Waals surface area contributed by atoms with E-state index in [1.165, 1.54) is 0 Å². The van der Waals surface area contributed by atoms with Crippen molar-refractivity contribution in [2.24, 2.45) is 0 Å². The third-order valence-corrected chi connectivity index (χ3v) is 5.28. The Morgan fingerprint density at radius 2 is 1.49 bits per heavy atom. The highest BCUT2D eigenvalue weighted by Crippen LogP contribution is 2.39. The Hall–Kier alpha value is -3.46. The number of benzene rings is 2. The molecule has 3 rings (SSSR count). The van der Waals surface area contributed by atoms with Crippen LogP contribution in [0.3, 0.4) is 0 Å². The highest BCUT2D eigenvalue weighted by Gasteiger charge is 2.22. The van der Waals surface area contributed by atoms with Crippen LogP contribution in [-0.4, -0.2) is 64.6 Å². The molecule has 1 amide bonds. The van der Waals surface area contributed by atoms with Crippen LogP contribution in [0.2, 0.25) is 0 Å². The zero-order valence-corrected chi connectivity index (χ0v) is 20.8. The number of ether oxygens (including phenoxy) is 5. The number of esters is 1. The molecule has 9 nitrogen and oxygen atoms in total. The van der Waals surface area contributed by atoms with Crippen molar-refractivity contribution in [1.82, 2.24) is 0 Å². The lowest BCUT2D eigenvalue weighted by molar-refractivity contribution is 0.0526. The molecule has 9 heteroatoms. The second-order valence-corrected chi connectivity index (χ2v) is 7.61. The molecule has 2 aromatic carbocycles. The summed E-state index contributed by atoms with van der Waals surface area (Å²) >= 11 is 0. The average Bonchev–Trinajstić information content (AvgIpc) is 2.86. The fourth-order valence-electron chi connectivity index (χ4n) is 3.77. The van der Waals surface area contributed by atoms with Gasteiger partial charge in [-0.15, -0.1) is 0 Å². The van der Waals surface area contributed by atoms with Gasteiger partial charge in [-0.2, -0.15) is 0 Å².